The van der Waals surface area contributed by atoms with Gasteiger partial charge in [0.15, 0.2) is 0 Å². The number of amides is 1. The maximum Gasteiger partial charge on any atom is 0.244 e. The zero-order valence-electron chi connectivity index (χ0n) is 11.9. The molecule has 3 N–H and O–H groups in total. The van der Waals surface area contributed by atoms with E-state index in [9.17, 15) is 4.79 Å². The van der Waals surface area contributed by atoms with Gasteiger partial charge in [0.05, 0.1) is 0 Å². The number of hydrogen-bond donors (Lipinski definition) is 2. The summed E-state index contributed by atoms with van der Waals surface area (Å²) in [6, 6.07) is 5.26. The molecule has 1 aromatic carbocycles. The Bertz CT molecular complexity index is 503. The fourth-order valence-electron chi connectivity index (χ4n) is 1.89. The van der Waals surface area contributed by atoms with Crippen molar-refractivity contribution in [3.63, 3.8) is 0 Å². The molecule has 0 saturated carbocycles. The van der Waals surface area contributed by atoms with E-state index < -0.39 is 0 Å². The molecule has 0 saturated heterocycles. The standard InChI is InChI=1S/C14H20BrN3OS/c1-4-18(5-2)14(19)9(3)17-12-7-6-10(13(16)20)8-11(12)15/h6-9,17H,4-5H2,1-3H3,(H2,16,20). The largest absolute Gasteiger partial charge is 0.389 e. The lowest BCUT2D eigenvalue weighted by atomic mass is 10.2. The van der Waals surface area contributed by atoms with Crippen LogP contribution >= 0.6 is 28.1 Å². The Hall–Kier alpha value is -1.14. The zero-order valence-corrected chi connectivity index (χ0v) is 14.3. The maximum atomic E-state index is 12.2. The Morgan fingerprint density at radius 2 is 2.05 bits per heavy atom. The predicted octanol–water partition coefficient (Wildman–Crippen LogP) is 2.75. The van der Waals surface area contributed by atoms with Crippen LogP contribution < -0.4 is 11.1 Å². The van der Waals surface area contributed by atoms with Crippen molar-refractivity contribution in [2.24, 2.45) is 5.73 Å². The fourth-order valence-corrected chi connectivity index (χ4v) is 2.51. The van der Waals surface area contributed by atoms with Crippen LogP contribution in [-0.2, 0) is 4.79 Å². The van der Waals surface area contributed by atoms with Crippen LogP contribution in [0.1, 0.15) is 26.3 Å². The molecule has 1 amide bonds. The number of thiocarbonyl (C=S) groups is 1. The summed E-state index contributed by atoms with van der Waals surface area (Å²) in [7, 11) is 0. The molecule has 0 radical (unpaired) electrons. The highest BCUT2D eigenvalue weighted by Crippen LogP contribution is 2.24. The molecule has 0 bridgehead atoms. The van der Waals surface area contributed by atoms with Crippen molar-refractivity contribution in [3.8, 4) is 0 Å². The summed E-state index contributed by atoms with van der Waals surface area (Å²) < 4.78 is 0.835. The first-order valence-electron chi connectivity index (χ1n) is 6.55. The molecule has 6 heteroatoms. The lowest BCUT2D eigenvalue weighted by molar-refractivity contribution is -0.131. The Morgan fingerprint density at radius 1 is 1.45 bits per heavy atom. The second-order valence-electron chi connectivity index (χ2n) is 4.44. The molecule has 1 rings (SSSR count). The summed E-state index contributed by atoms with van der Waals surface area (Å²) in [4.78, 5) is 14.4. The second-order valence-corrected chi connectivity index (χ2v) is 5.73. The minimum atomic E-state index is -0.290. The minimum absolute atomic E-state index is 0.0836. The van der Waals surface area contributed by atoms with E-state index in [1.54, 1.807) is 4.90 Å². The number of carbonyl (C=O) groups is 1. The summed E-state index contributed by atoms with van der Waals surface area (Å²) >= 11 is 8.40. The molecular formula is C14H20BrN3OS. The second kappa shape index (κ2) is 7.59. The summed E-state index contributed by atoms with van der Waals surface area (Å²) in [5, 5.41) is 3.20. The Balaban J connectivity index is 2.83. The van der Waals surface area contributed by atoms with E-state index in [-0.39, 0.29) is 11.9 Å². The quantitative estimate of drug-likeness (QED) is 0.768. The first kappa shape index (κ1) is 16.9. The molecule has 0 aliphatic carbocycles. The van der Waals surface area contributed by atoms with E-state index in [0.29, 0.717) is 18.1 Å². The van der Waals surface area contributed by atoms with Gasteiger partial charge in [-0.25, -0.2) is 0 Å². The predicted molar refractivity (Wildman–Crippen MR) is 91.0 cm³/mol. The van der Waals surface area contributed by atoms with Crippen molar-refractivity contribution < 1.29 is 4.79 Å². The normalized spacial score (nSPS) is 11.8. The number of benzene rings is 1. The van der Waals surface area contributed by atoms with E-state index in [2.05, 4.69) is 21.2 Å². The third-order valence-electron chi connectivity index (χ3n) is 3.07. The molecule has 1 aromatic rings. The maximum absolute atomic E-state index is 12.2. The number of halogens is 1. The molecule has 0 fully saturated rings. The number of hydrogen-bond acceptors (Lipinski definition) is 3. The number of carbonyl (C=O) groups excluding carboxylic acids is 1. The Labute approximate surface area is 133 Å². The van der Waals surface area contributed by atoms with E-state index >= 15 is 0 Å². The number of nitrogens with two attached hydrogens (primary N) is 1. The van der Waals surface area contributed by atoms with E-state index in [1.807, 2.05) is 39.0 Å². The monoisotopic (exact) mass is 357 g/mol. The molecule has 0 aromatic heterocycles. The molecule has 0 spiro atoms. The van der Waals surface area contributed by atoms with Crippen LogP contribution in [0, 0.1) is 0 Å². The molecule has 4 nitrogen and oxygen atoms in total. The Kier molecular flexibility index (Phi) is 6.42. The van der Waals surface area contributed by atoms with Crippen molar-refractivity contribution in [2.45, 2.75) is 26.8 Å². The minimum Gasteiger partial charge on any atom is -0.389 e. The third-order valence-corrected chi connectivity index (χ3v) is 3.96. The lowest BCUT2D eigenvalue weighted by Crippen LogP contribution is -2.41. The average Bonchev–Trinajstić information content (AvgIpc) is 2.41. The van der Waals surface area contributed by atoms with Crippen LogP contribution in [0.25, 0.3) is 0 Å². The highest BCUT2D eigenvalue weighted by atomic mass is 79.9. The number of rotatable bonds is 6. The molecule has 1 atom stereocenters. The van der Waals surface area contributed by atoms with Gasteiger partial charge in [0.2, 0.25) is 5.91 Å². The Morgan fingerprint density at radius 3 is 2.50 bits per heavy atom. The average molecular weight is 358 g/mol. The lowest BCUT2D eigenvalue weighted by Gasteiger charge is -2.24. The van der Waals surface area contributed by atoms with Gasteiger partial charge in [-0.15, -0.1) is 0 Å². The van der Waals surface area contributed by atoms with Crippen LogP contribution in [0.15, 0.2) is 22.7 Å². The molecule has 110 valence electrons. The van der Waals surface area contributed by atoms with Crippen LogP contribution in [0.2, 0.25) is 0 Å². The molecule has 0 heterocycles. The van der Waals surface area contributed by atoms with Gasteiger partial charge in [-0.3, -0.25) is 4.79 Å². The number of anilines is 1. The van der Waals surface area contributed by atoms with Gasteiger partial charge < -0.3 is 16.0 Å². The van der Waals surface area contributed by atoms with E-state index in [1.165, 1.54) is 0 Å². The van der Waals surface area contributed by atoms with Gasteiger partial charge >= 0.3 is 0 Å². The third kappa shape index (κ3) is 4.18. The van der Waals surface area contributed by atoms with Crippen LogP contribution in [-0.4, -0.2) is 34.9 Å². The van der Waals surface area contributed by atoms with E-state index in [4.69, 9.17) is 18.0 Å². The van der Waals surface area contributed by atoms with Crippen LogP contribution in [0.4, 0.5) is 5.69 Å². The molecule has 0 aliphatic heterocycles. The van der Waals surface area contributed by atoms with Gasteiger partial charge in [-0.1, -0.05) is 12.2 Å². The van der Waals surface area contributed by atoms with Crippen LogP contribution in [0.3, 0.4) is 0 Å². The van der Waals surface area contributed by atoms with Gasteiger partial charge in [-0.05, 0) is 54.9 Å². The van der Waals surface area contributed by atoms with Crippen molar-refractivity contribution in [1.29, 1.82) is 0 Å². The highest BCUT2D eigenvalue weighted by molar-refractivity contribution is 9.10. The number of nitrogens with one attached hydrogen (secondary N) is 1. The summed E-state index contributed by atoms with van der Waals surface area (Å²) in [6.07, 6.45) is 0. The summed E-state index contributed by atoms with van der Waals surface area (Å²) in [5.74, 6) is 0.0836. The van der Waals surface area contributed by atoms with Gasteiger partial charge in [0.1, 0.15) is 11.0 Å². The van der Waals surface area contributed by atoms with Gasteiger partial charge in [0.25, 0.3) is 0 Å². The zero-order chi connectivity index (χ0) is 15.3. The smallest absolute Gasteiger partial charge is 0.244 e. The van der Waals surface area contributed by atoms with Crippen LogP contribution in [0.5, 0.6) is 0 Å². The van der Waals surface area contributed by atoms with Crippen molar-refractivity contribution >= 4 is 44.7 Å². The van der Waals surface area contributed by atoms with Crippen molar-refractivity contribution in [1.82, 2.24) is 4.90 Å². The van der Waals surface area contributed by atoms with Gasteiger partial charge in [-0.2, -0.15) is 0 Å². The highest BCUT2D eigenvalue weighted by Gasteiger charge is 2.18. The summed E-state index contributed by atoms with van der Waals surface area (Å²) in [5.41, 5.74) is 7.22. The van der Waals surface area contributed by atoms with Gasteiger partial charge in [0, 0.05) is 28.8 Å². The molecule has 1 unspecified atom stereocenters. The van der Waals surface area contributed by atoms with Crippen molar-refractivity contribution in [2.75, 3.05) is 18.4 Å². The topological polar surface area (TPSA) is 58.4 Å². The number of likely N-dealkylation sites (N-methyl/N-ethyl adjacent to an activating group) is 1. The number of nitrogens with zero attached hydrogens (tertiary/aromatic N) is 1. The first-order chi connectivity index (χ1) is 9.40. The molecule has 0 aliphatic rings. The SMILES string of the molecule is CCN(CC)C(=O)C(C)Nc1ccc(C(N)=S)cc1Br. The molecule has 20 heavy (non-hydrogen) atoms. The van der Waals surface area contributed by atoms with Crippen molar-refractivity contribution in [3.05, 3.63) is 28.2 Å². The fraction of sp³-hybridized carbons (Fsp3) is 0.429. The first-order valence-corrected chi connectivity index (χ1v) is 7.75. The summed E-state index contributed by atoms with van der Waals surface area (Å²) in [6.45, 7) is 7.22. The van der Waals surface area contributed by atoms with E-state index in [0.717, 1.165) is 15.7 Å². The molecular weight excluding hydrogens is 338 g/mol.